The monoisotopic (exact) mass is 493 g/mol. The maximum absolute atomic E-state index is 13.4. The Bertz CT molecular complexity index is 1130. The highest BCUT2D eigenvalue weighted by atomic mass is 19.1. The molecular weight excluding hydrogens is 461 g/mol. The van der Waals surface area contributed by atoms with E-state index in [0.29, 0.717) is 30.4 Å². The third-order valence-electron chi connectivity index (χ3n) is 5.86. The molecule has 1 aromatic heterocycles. The fourth-order valence-corrected chi connectivity index (χ4v) is 3.98. The van der Waals surface area contributed by atoms with Crippen molar-refractivity contribution in [3.63, 3.8) is 0 Å². The third kappa shape index (κ3) is 7.50. The number of rotatable bonds is 11. The van der Waals surface area contributed by atoms with Crippen molar-refractivity contribution < 1.29 is 23.4 Å². The molecule has 7 nitrogen and oxygen atoms in total. The van der Waals surface area contributed by atoms with Crippen LogP contribution in [0.3, 0.4) is 0 Å². The molecule has 1 aliphatic rings. The van der Waals surface area contributed by atoms with Crippen molar-refractivity contribution in [3.05, 3.63) is 77.7 Å². The van der Waals surface area contributed by atoms with E-state index in [-0.39, 0.29) is 24.7 Å². The number of pyridine rings is 1. The molecule has 0 unspecified atom stereocenters. The number of halogens is 1. The second-order valence-corrected chi connectivity index (χ2v) is 8.50. The lowest BCUT2D eigenvalue weighted by Gasteiger charge is -2.26. The first-order valence-corrected chi connectivity index (χ1v) is 12.3. The number of aromatic nitrogens is 1. The van der Waals surface area contributed by atoms with Gasteiger partial charge >= 0.3 is 0 Å². The van der Waals surface area contributed by atoms with Gasteiger partial charge in [-0.1, -0.05) is 24.3 Å². The van der Waals surface area contributed by atoms with Gasteiger partial charge in [0.2, 0.25) is 11.8 Å². The van der Waals surface area contributed by atoms with Gasteiger partial charge in [-0.25, -0.2) is 9.37 Å². The fourth-order valence-electron chi connectivity index (χ4n) is 3.98. The summed E-state index contributed by atoms with van der Waals surface area (Å²) in [7, 11) is 0. The molecule has 0 atom stereocenters. The summed E-state index contributed by atoms with van der Waals surface area (Å²) in [6.07, 6.45) is 0.0959. The van der Waals surface area contributed by atoms with Crippen molar-refractivity contribution in [2.24, 2.45) is 0 Å². The smallest absolute Gasteiger partial charge is 0.226 e. The molecule has 8 heteroatoms. The van der Waals surface area contributed by atoms with Crippen molar-refractivity contribution in [2.45, 2.75) is 19.9 Å². The molecule has 4 rings (SSSR count). The molecule has 1 N–H and O–H groups in total. The summed E-state index contributed by atoms with van der Waals surface area (Å²) in [4.78, 5) is 19.5. The zero-order valence-electron chi connectivity index (χ0n) is 20.5. The van der Waals surface area contributed by atoms with Crippen LogP contribution >= 0.6 is 0 Å². The summed E-state index contributed by atoms with van der Waals surface area (Å²) in [5, 5.41) is 2.83. The fraction of sp³-hybridized carbons (Fsp3) is 0.357. The predicted molar refractivity (Wildman–Crippen MR) is 136 cm³/mol. The van der Waals surface area contributed by atoms with Crippen LogP contribution in [0.2, 0.25) is 0 Å². The van der Waals surface area contributed by atoms with Crippen molar-refractivity contribution in [1.29, 1.82) is 0 Å². The highest BCUT2D eigenvalue weighted by molar-refractivity contribution is 5.78. The van der Waals surface area contributed by atoms with E-state index in [1.165, 1.54) is 12.1 Å². The van der Waals surface area contributed by atoms with Gasteiger partial charge in [-0.05, 0) is 54.4 Å². The van der Waals surface area contributed by atoms with Gasteiger partial charge < -0.3 is 19.5 Å². The van der Waals surface area contributed by atoms with Gasteiger partial charge in [-0.3, -0.25) is 9.69 Å². The predicted octanol–water partition coefficient (Wildman–Crippen LogP) is 3.86. The topological polar surface area (TPSA) is 72.9 Å². The summed E-state index contributed by atoms with van der Waals surface area (Å²) in [6.45, 7) is 7.29. The SMILES string of the molecule is CCOc1ccc(-c2ccc(CC(=O)NCc3cccc(F)c3)nc2OCCN2CCOCC2)cc1. The molecule has 0 bridgehead atoms. The van der Waals surface area contributed by atoms with Crippen LogP contribution in [-0.2, 0) is 22.5 Å². The van der Waals surface area contributed by atoms with E-state index in [1.807, 2.05) is 43.3 Å². The average Bonchev–Trinajstić information content (AvgIpc) is 2.89. The first-order valence-electron chi connectivity index (χ1n) is 12.3. The van der Waals surface area contributed by atoms with Gasteiger partial charge in [0.15, 0.2) is 0 Å². The molecule has 0 saturated carbocycles. The summed E-state index contributed by atoms with van der Waals surface area (Å²) in [6, 6.07) is 17.7. The Morgan fingerprint density at radius 2 is 1.89 bits per heavy atom. The summed E-state index contributed by atoms with van der Waals surface area (Å²) >= 11 is 0. The summed E-state index contributed by atoms with van der Waals surface area (Å²) in [5.74, 6) is 0.769. The number of hydrogen-bond donors (Lipinski definition) is 1. The molecule has 3 aromatic rings. The molecule has 2 heterocycles. The van der Waals surface area contributed by atoms with Crippen LogP contribution in [0.25, 0.3) is 11.1 Å². The van der Waals surface area contributed by atoms with Gasteiger partial charge in [0, 0.05) is 31.7 Å². The maximum atomic E-state index is 13.4. The maximum Gasteiger partial charge on any atom is 0.226 e. The lowest BCUT2D eigenvalue weighted by Crippen LogP contribution is -2.38. The molecule has 0 spiro atoms. The van der Waals surface area contributed by atoms with E-state index in [2.05, 4.69) is 15.2 Å². The second-order valence-electron chi connectivity index (χ2n) is 8.50. The minimum atomic E-state index is -0.327. The number of morpholine rings is 1. The van der Waals surface area contributed by atoms with Crippen LogP contribution in [-0.4, -0.2) is 61.9 Å². The minimum absolute atomic E-state index is 0.0959. The largest absolute Gasteiger partial charge is 0.494 e. The van der Waals surface area contributed by atoms with Crippen molar-refractivity contribution >= 4 is 5.91 Å². The number of carbonyl (C=O) groups is 1. The molecule has 1 fully saturated rings. The van der Waals surface area contributed by atoms with Gasteiger partial charge in [0.05, 0.1) is 31.9 Å². The number of nitrogens with zero attached hydrogens (tertiary/aromatic N) is 2. The summed E-state index contributed by atoms with van der Waals surface area (Å²) in [5.41, 5.74) is 3.11. The summed E-state index contributed by atoms with van der Waals surface area (Å²) < 4.78 is 30.5. The standard InChI is InChI=1S/C28H32FN3O4/c1-2-35-25-9-6-22(7-10-25)26-11-8-24(19-27(33)30-20-21-4-3-5-23(29)18-21)31-28(26)36-17-14-32-12-15-34-16-13-32/h3-11,18H,2,12-17,19-20H2,1H3,(H,30,33). The van der Waals surface area contributed by atoms with E-state index in [9.17, 15) is 9.18 Å². The number of carbonyl (C=O) groups excluding carboxylic acids is 1. The molecule has 2 aromatic carbocycles. The van der Waals surface area contributed by atoms with Crippen molar-refractivity contribution in [2.75, 3.05) is 46.1 Å². The third-order valence-corrected chi connectivity index (χ3v) is 5.86. The number of benzene rings is 2. The first-order chi connectivity index (χ1) is 17.6. The number of ether oxygens (including phenoxy) is 3. The minimum Gasteiger partial charge on any atom is -0.494 e. The highest BCUT2D eigenvalue weighted by Gasteiger charge is 2.15. The van der Waals surface area contributed by atoms with Crippen molar-refractivity contribution in [3.8, 4) is 22.8 Å². The highest BCUT2D eigenvalue weighted by Crippen LogP contribution is 2.30. The Morgan fingerprint density at radius 3 is 2.64 bits per heavy atom. The molecule has 1 aliphatic heterocycles. The van der Waals surface area contributed by atoms with Crippen LogP contribution in [0, 0.1) is 5.82 Å². The van der Waals surface area contributed by atoms with Crippen LogP contribution in [0.1, 0.15) is 18.2 Å². The second kappa shape index (κ2) is 13.0. The number of amides is 1. The lowest BCUT2D eigenvalue weighted by molar-refractivity contribution is -0.120. The van der Waals surface area contributed by atoms with E-state index in [4.69, 9.17) is 14.2 Å². The van der Waals surface area contributed by atoms with E-state index >= 15 is 0 Å². The first kappa shape index (κ1) is 25.6. The molecule has 1 amide bonds. The lowest BCUT2D eigenvalue weighted by atomic mass is 10.1. The number of nitrogens with one attached hydrogen (secondary N) is 1. The van der Waals surface area contributed by atoms with Gasteiger partial charge in [0.25, 0.3) is 0 Å². The zero-order chi connectivity index (χ0) is 25.2. The molecule has 0 radical (unpaired) electrons. The van der Waals surface area contributed by atoms with E-state index < -0.39 is 0 Å². The Hall–Kier alpha value is -3.49. The Labute approximate surface area is 211 Å². The molecule has 0 aliphatic carbocycles. The van der Waals surface area contributed by atoms with Crippen molar-refractivity contribution in [1.82, 2.24) is 15.2 Å². The van der Waals surface area contributed by atoms with Crippen LogP contribution < -0.4 is 14.8 Å². The normalized spacial score (nSPS) is 13.8. The zero-order valence-corrected chi connectivity index (χ0v) is 20.5. The Kier molecular flexibility index (Phi) is 9.24. The Morgan fingerprint density at radius 1 is 1.08 bits per heavy atom. The van der Waals surface area contributed by atoms with E-state index in [0.717, 1.165) is 49.7 Å². The van der Waals surface area contributed by atoms with Crippen LogP contribution in [0.5, 0.6) is 11.6 Å². The van der Waals surface area contributed by atoms with Crippen LogP contribution in [0.15, 0.2) is 60.7 Å². The van der Waals surface area contributed by atoms with Gasteiger partial charge in [-0.2, -0.15) is 0 Å². The average molecular weight is 494 g/mol. The molecular formula is C28H32FN3O4. The van der Waals surface area contributed by atoms with E-state index in [1.54, 1.807) is 12.1 Å². The molecule has 36 heavy (non-hydrogen) atoms. The number of hydrogen-bond acceptors (Lipinski definition) is 6. The van der Waals surface area contributed by atoms with Gasteiger partial charge in [0.1, 0.15) is 18.2 Å². The molecule has 190 valence electrons. The quantitative estimate of drug-likeness (QED) is 0.438. The Balaban J connectivity index is 1.45. The van der Waals surface area contributed by atoms with Crippen LogP contribution in [0.4, 0.5) is 4.39 Å². The van der Waals surface area contributed by atoms with Gasteiger partial charge in [-0.15, -0.1) is 0 Å². The molecule has 1 saturated heterocycles.